The monoisotopic (exact) mass is 264 g/mol. The van der Waals surface area contributed by atoms with E-state index in [1.54, 1.807) is 0 Å². The summed E-state index contributed by atoms with van der Waals surface area (Å²) in [6.07, 6.45) is -3.32. The number of ether oxygens (including phenoxy) is 1. The first-order chi connectivity index (χ1) is 8.38. The first-order valence-corrected chi connectivity index (χ1v) is 4.68. The number of pyridine rings is 1. The van der Waals surface area contributed by atoms with Gasteiger partial charge in [-0.15, -0.1) is 0 Å². The van der Waals surface area contributed by atoms with Gasteiger partial charge < -0.3 is 14.9 Å². The van der Waals surface area contributed by atoms with Crippen molar-refractivity contribution >= 4 is 11.8 Å². The Morgan fingerprint density at radius 1 is 1.61 bits per heavy atom. The molecule has 0 aromatic carbocycles. The zero-order chi connectivity index (χ0) is 13.9. The van der Waals surface area contributed by atoms with Crippen LogP contribution in [0.15, 0.2) is 6.07 Å². The van der Waals surface area contributed by atoms with Crippen molar-refractivity contribution in [2.24, 2.45) is 0 Å². The lowest BCUT2D eigenvalue weighted by atomic mass is 10.2. The van der Waals surface area contributed by atoms with E-state index in [9.17, 15) is 28.1 Å². The molecule has 98 valence electrons. The number of hydrogen-bond donors (Lipinski definition) is 0. The van der Waals surface area contributed by atoms with Gasteiger partial charge in [-0.2, -0.15) is 0 Å². The van der Waals surface area contributed by atoms with E-state index in [-0.39, 0.29) is 6.61 Å². The van der Waals surface area contributed by atoms with Gasteiger partial charge in [0.25, 0.3) is 5.69 Å². The molecule has 9 heteroatoms. The van der Waals surface area contributed by atoms with Gasteiger partial charge in [-0.1, -0.05) is 0 Å². The Morgan fingerprint density at radius 2 is 2.22 bits per heavy atom. The van der Waals surface area contributed by atoms with Crippen molar-refractivity contribution in [3.8, 4) is 0 Å². The second-order valence-electron chi connectivity index (χ2n) is 3.00. The first-order valence-electron chi connectivity index (χ1n) is 4.68. The number of nitrogens with zero attached hydrogens (tertiary/aromatic N) is 2. The predicted molar refractivity (Wildman–Crippen MR) is 51.8 cm³/mol. The highest BCUT2D eigenvalue weighted by molar-refractivity contribution is 5.93. The Hall–Kier alpha value is -2.19. The molecule has 1 aromatic rings. The first kappa shape index (κ1) is 13.9. The Kier molecular flexibility index (Phi) is 4.18. The van der Waals surface area contributed by atoms with Crippen LogP contribution in [0.2, 0.25) is 0 Å². The second kappa shape index (κ2) is 5.43. The fraction of sp³-hybridized carbons (Fsp3) is 0.333. The summed E-state index contributed by atoms with van der Waals surface area (Å²) in [5.74, 6) is -3.86. The minimum Gasteiger partial charge on any atom is -0.462 e. The lowest BCUT2D eigenvalue weighted by molar-refractivity contribution is -0.390. The number of nitro groups is 1. The highest BCUT2D eigenvalue weighted by Gasteiger charge is 2.31. The van der Waals surface area contributed by atoms with E-state index in [0.29, 0.717) is 6.07 Å². The molecule has 0 saturated carbocycles. The molecular formula is C9H7F3N2O4. The zero-order valence-electron chi connectivity index (χ0n) is 9.02. The van der Waals surface area contributed by atoms with Crippen LogP contribution in [0.5, 0.6) is 0 Å². The molecule has 0 amide bonds. The summed E-state index contributed by atoms with van der Waals surface area (Å²) in [5, 5.41) is 10.6. The predicted octanol–water partition coefficient (Wildman–Crippen LogP) is 2.24. The minimum absolute atomic E-state index is 0.103. The van der Waals surface area contributed by atoms with Crippen LogP contribution < -0.4 is 0 Å². The van der Waals surface area contributed by atoms with Gasteiger partial charge in [0, 0.05) is 6.07 Å². The average Bonchev–Trinajstić information content (AvgIpc) is 2.27. The molecule has 0 spiro atoms. The minimum atomic E-state index is -3.32. The van der Waals surface area contributed by atoms with E-state index in [0.717, 1.165) is 0 Å². The molecule has 0 bridgehead atoms. The molecule has 0 radical (unpaired) electrons. The Bertz CT molecular complexity index is 493. The maximum Gasteiger partial charge on any atom is 0.378 e. The number of aromatic nitrogens is 1. The summed E-state index contributed by atoms with van der Waals surface area (Å²) in [5.41, 5.74) is -2.18. The Balaban J connectivity index is 3.38. The van der Waals surface area contributed by atoms with Gasteiger partial charge in [0.2, 0.25) is 0 Å². The van der Waals surface area contributed by atoms with E-state index >= 15 is 0 Å². The molecule has 0 unspecified atom stereocenters. The quantitative estimate of drug-likeness (QED) is 0.473. The van der Waals surface area contributed by atoms with Crippen molar-refractivity contribution in [1.82, 2.24) is 4.98 Å². The molecule has 1 aromatic heterocycles. The third-order valence-electron chi connectivity index (χ3n) is 1.86. The van der Waals surface area contributed by atoms with Crippen molar-refractivity contribution in [2.45, 2.75) is 13.3 Å². The van der Waals surface area contributed by atoms with E-state index in [1.807, 2.05) is 0 Å². The van der Waals surface area contributed by atoms with Crippen molar-refractivity contribution in [3.63, 3.8) is 0 Å². The van der Waals surface area contributed by atoms with Gasteiger partial charge in [0.1, 0.15) is 0 Å². The van der Waals surface area contributed by atoms with Crippen molar-refractivity contribution in [1.29, 1.82) is 0 Å². The largest absolute Gasteiger partial charge is 0.462 e. The van der Waals surface area contributed by atoms with Crippen LogP contribution in [0.25, 0.3) is 0 Å². The van der Waals surface area contributed by atoms with E-state index in [1.165, 1.54) is 6.92 Å². The molecule has 0 N–H and O–H groups in total. The molecule has 0 aliphatic heterocycles. The fourth-order valence-corrected chi connectivity index (χ4v) is 1.14. The standard InChI is InChI=1S/C9H7F3N2O4/c1-2-18-9(15)4-3-5(10)6(7(11)12)13-8(4)14(16)17/h3,7H,2H2,1H3. The molecule has 18 heavy (non-hydrogen) atoms. The van der Waals surface area contributed by atoms with Gasteiger partial charge in [-0.25, -0.2) is 18.0 Å². The molecule has 0 saturated heterocycles. The normalized spacial score (nSPS) is 10.5. The van der Waals surface area contributed by atoms with Gasteiger partial charge >= 0.3 is 18.2 Å². The lowest BCUT2D eigenvalue weighted by Crippen LogP contribution is -2.12. The number of esters is 1. The van der Waals surface area contributed by atoms with Crippen LogP contribution in [0.3, 0.4) is 0 Å². The van der Waals surface area contributed by atoms with Gasteiger partial charge in [-0.3, -0.25) is 0 Å². The Labute approximate surface area is 98.5 Å². The van der Waals surface area contributed by atoms with Crippen LogP contribution in [0.4, 0.5) is 19.0 Å². The second-order valence-corrected chi connectivity index (χ2v) is 3.00. The average molecular weight is 264 g/mol. The van der Waals surface area contributed by atoms with E-state index < -0.39 is 40.2 Å². The summed E-state index contributed by atoms with van der Waals surface area (Å²) in [6.45, 7) is 1.33. The zero-order valence-corrected chi connectivity index (χ0v) is 9.02. The van der Waals surface area contributed by atoms with Crippen molar-refractivity contribution < 1.29 is 27.6 Å². The van der Waals surface area contributed by atoms with Crippen LogP contribution in [0.1, 0.15) is 29.4 Å². The summed E-state index contributed by atoms with van der Waals surface area (Å²) in [7, 11) is 0. The number of hydrogen-bond acceptors (Lipinski definition) is 5. The lowest BCUT2D eigenvalue weighted by Gasteiger charge is -2.04. The highest BCUT2D eigenvalue weighted by Crippen LogP contribution is 2.26. The summed E-state index contributed by atoms with van der Waals surface area (Å²) in [6, 6.07) is 0.324. The van der Waals surface area contributed by atoms with Crippen LogP contribution in [0, 0.1) is 15.9 Å². The molecule has 0 aliphatic rings. The third kappa shape index (κ3) is 2.73. The molecule has 0 atom stereocenters. The number of carbonyl (C=O) groups is 1. The SMILES string of the molecule is CCOC(=O)c1cc(F)c(C(F)F)nc1[N+](=O)[O-]. The van der Waals surface area contributed by atoms with E-state index in [2.05, 4.69) is 9.72 Å². The molecule has 0 aliphatic carbocycles. The molecule has 6 nitrogen and oxygen atoms in total. The van der Waals surface area contributed by atoms with Crippen molar-refractivity contribution in [2.75, 3.05) is 6.61 Å². The van der Waals surface area contributed by atoms with Gasteiger partial charge in [0.05, 0.1) is 6.61 Å². The van der Waals surface area contributed by atoms with Crippen LogP contribution in [-0.2, 0) is 4.74 Å². The van der Waals surface area contributed by atoms with Crippen molar-refractivity contribution in [3.05, 3.63) is 33.3 Å². The smallest absolute Gasteiger partial charge is 0.378 e. The third-order valence-corrected chi connectivity index (χ3v) is 1.86. The number of carbonyl (C=O) groups excluding carboxylic acids is 1. The maximum atomic E-state index is 13.2. The fourth-order valence-electron chi connectivity index (χ4n) is 1.14. The number of rotatable bonds is 4. The summed E-state index contributed by atoms with van der Waals surface area (Å²) >= 11 is 0. The highest BCUT2D eigenvalue weighted by atomic mass is 19.3. The van der Waals surface area contributed by atoms with E-state index in [4.69, 9.17) is 0 Å². The maximum absolute atomic E-state index is 13.2. The van der Waals surface area contributed by atoms with Crippen LogP contribution in [-0.4, -0.2) is 22.5 Å². The molecular weight excluding hydrogens is 257 g/mol. The molecule has 1 rings (SSSR count). The summed E-state index contributed by atoms with van der Waals surface area (Å²) < 4.78 is 42.2. The Morgan fingerprint density at radius 3 is 2.67 bits per heavy atom. The number of halogens is 3. The topological polar surface area (TPSA) is 82.3 Å². The van der Waals surface area contributed by atoms with Gasteiger partial charge in [0.15, 0.2) is 11.4 Å². The van der Waals surface area contributed by atoms with Crippen LogP contribution >= 0.6 is 0 Å². The van der Waals surface area contributed by atoms with Gasteiger partial charge in [-0.05, 0) is 16.8 Å². The summed E-state index contributed by atoms with van der Waals surface area (Å²) in [4.78, 5) is 23.6. The number of alkyl halides is 2. The molecule has 0 fully saturated rings. The molecule has 1 heterocycles.